The van der Waals surface area contributed by atoms with Gasteiger partial charge in [-0.1, -0.05) is 19.3 Å². The lowest BCUT2D eigenvalue weighted by atomic mass is 9.78. The molecule has 1 aliphatic carbocycles. The first kappa shape index (κ1) is 18.7. The van der Waals surface area contributed by atoms with Crippen LogP contribution >= 0.6 is 0 Å². The van der Waals surface area contributed by atoms with E-state index in [9.17, 15) is 9.90 Å². The van der Waals surface area contributed by atoms with E-state index in [0.717, 1.165) is 38.9 Å². The highest BCUT2D eigenvalue weighted by atomic mass is 16.5. The number of ether oxygens (including phenoxy) is 1. The molecule has 1 heterocycles. The first-order valence-electron chi connectivity index (χ1n) is 9.26. The number of likely N-dealkylation sites (tertiary alicyclic amines) is 1. The normalized spacial score (nSPS) is 27.0. The van der Waals surface area contributed by atoms with E-state index in [4.69, 9.17) is 4.74 Å². The van der Waals surface area contributed by atoms with E-state index in [1.54, 1.807) is 7.11 Å². The van der Waals surface area contributed by atoms with Gasteiger partial charge in [0, 0.05) is 32.2 Å². The zero-order valence-electron chi connectivity index (χ0n) is 14.7. The molecule has 1 saturated heterocycles. The summed E-state index contributed by atoms with van der Waals surface area (Å²) in [6.07, 6.45) is 9.41. The van der Waals surface area contributed by atoms with E-state index >= 15 is 0 Å². The van der Waals surface area contributed by atoms with Gasteiger partial charge in [-0.05, 0) is 44.6 Å². The Kier molecular flexibility index (Phi) is 7.80. The molecule has 0 aromatic carbocycles. The van der Waals surface area contributed by atoms with Crippen molar-refractivity contribution in [2.75, 3.05) is 46.5 Å². The van der Waals surface area contributed by atoms with E-state index in [0.29, 0.717) is 19.1 Å². The van der Waals surface area contributed by atoms with E-state index in [-0.39, 0.29) is 17.9 Å². The summed E-state index contributed by atoms with van der Waals surface area (Å²) >= 11 is 0. The van der Waals surface area contributed by atoms with Crippen molar-refractivity contribution in [2.24, 2.45) is 11.3 Å². The van der Waals surface area contributed by atoms with Crippen LogP contribution in [0.15, 0.2) is 0 Å². The van der Waals surface area contributed by atoms with Crippen molar-refractivity contribution >= 4 is 5.91 Å². The van der Waals surface area contributed by atoms with E-state index in [1.807, 2.05) is 0 Å². The number of nitrogens with zero attached hydrogens (tertiary/aromatic N) is 1. The SMILES string of the molecule is COCCC1(CO)CCCN(CC(=O)NCC2CCCCC2)C1. The smallest absolute Gasteiger partial charge is 0.234 e. The Labute approximate surface area is 140 Å². The Morgan fingerprint density at radius 2 is 2.09 bits per heavy atom. The third-order valence-corrected chi connectivity index (χ3v) is 5.59. The molecule has 0 aromatic heterocycles. The highest BCUT2D eigenvalue weighted by molar-refractivity contribution is 5.78. The molecule has 1 amide bonds. The lowest BCUT2D eigenvalue weighted by molar-refractivity contribution is -0.123. The summed E-state index contributed by atoms with van der Waals surface area (Å²) in [6.45, 7) is 3.89. The van der Waals surface area contributed by atoms with E-state index in [2.05, 4.69) is 10.2 Å². The maximum atomic E-state index is 12.2. The number of aliphatic hydroxyl groups is 1. The zero-order chi connectivity index (χ0) is 16.5. The summed E-state index contributed by atoms with van der Waals surface area (Å²) in [5.41, 5.74) is -0.0993. The monoisotopic (exact) mass is 326 g/mol. The van der Waals surface area contributed by atoms with Crippen molar-refractivity contribution in [1.29, 1.82) is 0 Å². The van der Waals surface area contributed by atoms with Gasteiger partial charge in [-0.25, -0.2) is 0 Å². The number of rotatable bonds is 8. The van der Waals surface area contributed by atoms with Crippen LogP contribution in [0.4, 0.5) is 0 Å². The Bertz CT molecular complexity index is 358. The number of nitrogens with one attached hydrogen (secondary N) is 1. The molecule has 134 valence electrons. The van der Waals surface area contributed by atoms with Gasteiger partial charge in [0.05, 0.1) is 13.2 Å². The van der Waals surface area contributed by atoms with Crippen LogP contribution in [0, 0.1) is 11.3 Å². The first-order valence-corrected chi connectivity index (χ1v) is 9.26. The second kappa shape index (κ2) is 9.60. The maximum absolute atomic E-state index is 12.2. The third-order valence-electron chi connectivity index (χ3n) is 5.59. The fourth-order valence-electron chi connectivity index (χ4n) is 4.08. The number of carbonyl (C=O) groups excluding carboxylic acids is 1. The number of carbonyl (C=O) groups is 1. The van der Waals surface area contributed by atoms with Crippen LogP contribution in [-0.4, -0.2) is 62.4 Å². The molecule has 5 nitrogen and oxygen atoms in total. The summed E-state index contributed by atoms with van der Waals surface area (Å²) in [5, 5.41) is 12.9. The molecule has 1 atom stereocenters. The lowest BCUT2D eigenvalue weighted by Crippen LogP contribution is -2.49. The summed E-state index contributed by atoms with van der Waals surface area (Å²) < 4.78 is 5.18. The van der Waals surface area contributed by atoms with Crippen LogP contribution in [0.1, 0.15) is 51.4 Å². The quantitative estimate of drug-likeness (QED) is 0.714. The molecule has 2 rings (SSSR count). The number of methoxy groups -OCH3 is 1. The molecule has 1 unspecified atom stereocenters. The Morgan fingerprint density at radius 3 is 2.78 bits per heavy atom. The average Bonchev–Trinajstić information content (AvgIpc) is 2.59. The van der Waals surface area contributed by atoms with Crippen LogP contribution in [0.2, 0.25) is 0 Å². The van der Waals surface area contributed by atoms with Gasteiger partial charge in [0.15, 0.2) is 0 Å². The third kappa shape index (κ3) is 6.05. The predicted molar refractivity (Wildman–Crippen MR) is 91.3 cm³/mol. The highest BCUT2D eigenvalue weighted by Crippen LogP contribution is 2.33. The van der Waals surface area contributed by atoms with Crippen LogP contribution in [0.3, 0.4) is 0 Å². The molecule has 2 N–H and O–H groups in total. The van der Waals surface area contributed by atoms with Gasteiger partial charge in [-0.15, -0.1) is 0 Å². The molecule has 23 heavy (non-hydrogen) atoms. The molecule has 1 saturated carbocycles. The van der Waals surface area contributed by atoms with Crippen LogP contribution in [0.25, 0.3) is 0 Å². The van der Waals surface area contributed by atoms with Crippen molar-refractivity contribution < 1.29 is 14.6 Å². The van der Waals surface area contributed by atoms with Crippen LogP contribution in [-0.2, 0) is 9.53 Å². The van der Waals surface area contributed by atoms with Gasteiger partial charge in [0.25, 0.3) is 0 Å². The standard InChI is InChI=1S/C18H34N2O3/c1-23-11-9-18(15-21)8-5-10-20(14-18)13-17(22)19-12-16-6-3-2-4-7-16/h16,21H,2-15H2,1H3,(H,19,22). The second-order valence-electron chi connectivity index (χ2n) is 7.52. The van der Waals surface area contributed by atoms with Gasteiger partial charge >= 0.3 is 0 Å². The van der Waals surface area contributed by atoms with Gasteiger partial charge in [-0.3, -0.25) is 9.69 Å². The molecule has 2 aliphatic rings. The van der Waals surface area contributed by atoms with Crippen molar-refractivity contribution in [3.8, 4) is 0 Å². The minimum absolute atomic E-state index is 0.0993. The number of hydrogen-bond acceptors (Lipinski definition) is 4. The van der Waals surface area contributed by atoms with Gasteiger partial charge in [0.1, 0.15) is 0 Å². The fourth-order valence-corrected chi connectivity index (χ4v) is 4.08. The predicted octanol–water partition coefficient (Wildman–Crippen LogP) is 1.79. The number of amides is 1. The van der Waals surface area contributed by atoms with E-state index in [1.165, 1.54) is 32.1 Å². The Hall–Kier alpha value is -0.650. The van der Waals surface area contributed by atoms with Gasteiger partial charge < -0.3 is 15.2 Å². The number of hydrogen-bond donors (Lipinski definition) is 2. The van der Waals surface area contributed by atoms with Crippen molar-refractivity contribution in [3.05, 3.63) is 0 Å². The zero-order valence-corrected chi connectivity index (χ0v) is 14.7. The lowest BCUT2D eigenvalue weighted by Gasteiger charge is -2.41. The molecular weight excluding hydrogens is 292 g/mol. The minimum Gasteiger partial charge on any atom is -0.396 e. The minimum atomic E-state index is -0.0993. The maximum Gasteiger partial charge on any atom is 0.234 e. The number of piperidine rings is 1. The number of aliphatic hydroxyl groups excluding tert-OH is 1. The Balaban J connectivity index is 1.73. The van der Waals surface area contributed by atoms with Crippen molar-refractivity contribution in [1.82, 2.24) is 10.2 Å². The molecule has 0 aromatic rings. The van der Waals surface area contributed by atoms with Crippen molar-refractivity contribution in [2.45, 2.75) is 51.4 Å². The summed E-state index contributed by atoms with van der Waals surface area (Å²) in [6, 6.07) is 0. The molecule has 0 bridgehead atoms. The molecular formula is C18H34N2O3. The average molecular weight is 326 g/mol. The van der Waals surface area contributed by atoms with Gasteiger partial charge in [0.2, 0.25) is 5.91 Å². The largest absolute Gasteiger partial charge is 0.396 e. The molecule has 0 radical (unpaired) electrons. The Morgan fingerprint density at radius 1 is 1.30 bits per heavy atom. The first-order chi connectivity index (χ1) is 11.2. The molecule has 0 spiro atoms. The summed E-state index contributed by atoms with van der Waals surface area (Å²) in [4.78, 5) is 14.4. The van der Waals surface area contributed by atoms with E-state index < -0.39 is 0 Å². The molecule has 2 fully saturated rings. The van der Waals surface area contributed by atoms with Crippen LogP contribution in [0.5, 0.6) is 0 Å². The fraction of sp³-hybridized carbons (Fsp3) is 0.944. The topological polar surface area (TPSA) is 61.8 Å². The molecule has 5 heteroatoms. The van der Waals surface area contributed by atoms with Crippen LogP contribution < -0.4 is 5.32 Å². The second-order valence-corrected chi connectivity index (χ2v) is 7.52. The molecule has 1 aliphatic heterocycles. The summed E-state index contributed by atoms with van der Waals surface area (Å²) in [7, 11) is 1.70. The van der Waals surface area contributed by atoms with Gasteiger partial charge in [-0.2, -0.15) is 0 Å². The highest BCUT2D eigenvalue weighted by Gasteiger charge is 2.35. The van der Waals surface area contributed by atoms with Crippen molar-refractivity contribution in [3.63, 3.8) is 0 Å². The summed E-state index contributed by atoms with van der Waals surface area (Å²) in [5.74, 6) is 0.809.